The Kier molecular flexibility index (Phi) is 5.86. The number of rotatable bonds is 6. The lowest BCUT2D eigenvalue weighted by Crippen LogP contribution is -2.40. The number of nitrogens with two attached hydrogens (primary N) is 1. The zero-order chi connectivity index (χ0) is 14.4. The van der Waals surface area contributed by atoms with Gasteiger partial charge in [-0.15, -0.1) is 0 Å². The van der Waals surface area contributed by atoms with Crippen molar-refractivity contribution in [3.63, 3.8) is 0 Å². The molecule has 0 amide bonds. The van der Waals surface area contributed by atoms with Gasteiger partial charge < -0.3 is 10.5 Å². The first-order chi connectivity index (χ1) is 9.72. The molecule has 0 radical (unpaired) electrons. The van der Waals surface area contributed by atoms with Gasteiger partial charge in [0.1, 0.15) is 5.75 Å². The number of benzene rings is 1. The smallest absolute Gasteiger partial charge is 0.119 e. The van der Waals surface area contributed by atoms with Gasteiger partial charge in [-0.3, -0.25) is 4.90 Å². The first kappa shape index (κ1) is 15.3. The van der Waals surface area contributed by atoms with E-state index in [2.05, 4.69) is 30.0 Å². The molecule has 0 unspecified atom stereocenters. The Balaban J connectivity index is 1.97. The molecule has 112 valence electrons. The fourth-order valence-corrected chi connectivity index (χ4v) is 3.10. The quantitative estimate of drug-likeness (QED) is 0.867. The van der Waals surface area contributed by atoms with Gasteiger partial charge in [0.2, 0.25) is 0 Å². The van der Waals surface area contributed by atoms with Crippen LogP contribution in [0.4, 0.5) is 0 Å². The zero-order valence-corrected chi connectivity index (χ0v) is 12.8. The Morgan fingerprint density at radius 1 is 1.20 bits per heavy atom. The SMILES string of the molecule is CCOc1cccc(CN(CC)C2CCC(N)CC2)c1. The lowest BCUT2D eigenvalue weighted by molar-refractivity contribution is 0.149. The molecule has 1 aliphatic rings. The summed E-state index contributed by atoms with van der Waals surface area (Å²) >= 11 is 0. The van der Waals surface area contributed by atoms with Crippen molar-refractivity contribution in [2.45, 2.75) is 58.2 Å². The van der Waals surface area contributed by atoms with Gasteiger partial charge >= 0.3 is 0 Å². The molecule has 1 fully saturated rings. The highest BCUT2D eigenvalue weighted by Crippen LogP contribution is 2.24. The van der Waals surface area contributed by atoms with Crippen molar-refractivity contribution in [2.75, 3.05) is 13.2 Å². The molecular weight excluding hydrogens is 248 g/mol. The minimum absolute atomic E-state index is 0.422. The molecule has 1 aliphatic carbocycles. The average molecular weight is 276 g/mol. The highest BCUT2D eigenvalue weighted by atomic mass is 16.5. The van der Waals surface area contributed by atoms with Gasteiger partial charge in [-0.25, -0.2) is 0 Å². The van der Waals surface area contributed by atoms with E-state index in [1.165, 1.54) is 31.2 Å². The van der Waals surface area contributed by atoms with E-state index in [0.717, 1.165) is 25.4 Å². The summed E-state index contributed by atoms with van der Waals surface area (Å²) in [7, 11) is 0. The van der Waals surface area contributed by atoms with Gasteiger partial charge in [-0.1, -0.05) is 19.1 Å². The number of hydrogen-bond acceptors (Lipinski definition) is 3. The van der Waals surface area contributed by atoms with Gasteiger partial charge in [0.25, 0.3) is 0 Å². The second-order valence-corrected chi connectivity index (χ2v) is 5.71. The van der Waals surface area contributed by atoms with Gasteiger partial charge in [0, 0.05) is 18.6 Å². The molecule has 20 heavy (non-hydrogen) atoms. The van der Waals surface area contributed by atoms with Crippen molar-refractivity contribution in [2.24, 2.45) is 5.73 Å². The van der Waals surface area contributed by atoms with Crippen LogP contribution in [0.2, 0.25) is 0 Å². The molecule has 2 N–H and O–H groups in total. The highest BCUT2D eigenvalue weighted by molar-refractivity contribution is 5.28. The molecular formula is C17H28N2O. The van der Waals surface area contributed by atoms with Crippen molar-refractivity contribution >= 4 is 0 Å². The average Bonchev–Trinajstić information content (AvgIpc) is 2.47. The topological polar surface area (TPSA) is 38.5 Å². The summed E-state index contributed by atoms with van der Waals surface area (Å²) in [5.41, 5.74) is 7.35. The summed E-state index contributed by atoms with van der Waals surface area (Å²) in [6, 6.07) is 9.59. The third-order valence-corrected chi connectivity index (χ3v) is 4.26. The van der Waals surface area contributed by atoms with E-state index in [0.29, 0.717) is 12.1 Å². The van der Waals surface area contributed by atoms with Crippen LogP contribution in [0.1, 0.15) is 45.1 Å². The number of nitrogens with zero attached hydrogens (tertiary/aromatic N) is 1. The standard InChI is InChI=1S/C17H28N2O/c1-3-19(16-10-8-15(18)9-11-16)13-14-6-5-7-17(12-14)20-4-2/h5-7,12,15-16H,3-4,8-11,13,18H2,1-2H3. The normalized spacial score (nSPS) is 23.0. The lowest BCUT2D eigenvalue weighted by atomic mass is 9.90. The summed E-state index contributed by atoms with van der Waals surface area (Å²) in [5, 5.41) is 0. The summed E-state index contributed by atoms with van der Waals surface area (Å²) in [6.07, 6.45) is 4.81. The van der Waals surface area contributed by atoms with Crippen LogP contribution in [0, 0.1) is 0 Å². The van der Waals surface area contributed by atoms with Crippen molar-refractivity contribution in [3.8, 4) is 5.75 Å². The molecule has 1 aromatic carbocycles. The maximum atomic E-state index is 6.01. The van der Waals surface area contributed by atoms with Crippen molar-refractivity contribution in [1.82, 2.24) is 4.90 Å². The highest BCUT2D eigenvalue weighted by Gasteiger charge is 2.23. The van der Waals surface area contributed by atoms with Gasteiger partial charge in [-0.05, 0) is 56.8 Å². The zero-order valence-electron chi connectivity index (χ0n) is 12.8. The molecule has 1 saturated carbocycles. The van der Waals surface area contributed by atoms with E-state index in [9.17, 15) is 0 Å². The number of ether oxygens (including phenoxy) is 1. The minimum Gasteiger partial charge on any atom is -0.494 e. The van der Waals surface area contributed by atoms with Gasteiger partial charge in [0.15, 0.2) is 0 Å². The Morgan fingerprint density at radius 2 is 1.95 bits per heavy atom. The predicted octanol–water partition coefficient (Wildman–Crippen LogP) is 3.18. The van der Waals surface area contributed by atoms with E-state index in [1.54, 1.807) is 0 Å². The van der Waals surface area contributed by atoms with E-state index >= 15 is 0 Å². The van der Waals surface area contributed by atoms with E-state index in [1.807, 2.05) is 13.0 Å². The van der Waals surface area contributed by atoms with Crippen LogP contribution in [0.3, 0.4) is 0 Å². The first-order valence-electron chi connectivity index (χ1n) is 7.94. The first-order valence-corrected chi connectivity index (χ1v) is 7.94. The summed E-state index contributed by atoms with van der Waals surface area (Å²) < 4.78 is 5.59. The van der Waals surface area contributed by atoms with Crippen LogP contribution in [-0.4, -0.2) is 30.1 Å². The van der Waals surface area contributed by atoms with Crippen LogP contribution in [0.5, 0.6) is 5.75 Å². The third kappa shape index (κ3) is 4.22. The van der Waals surface area contributed by atoms with Gasteiger partial charge in [0.05, 0.1) is 6.61 Å². The monoisotopic (exact) mass is 276 g/mol. The molecule has 0 aromatic heterocycles. The van der Waals surface area contributed by atoms with Crippen LogP contribution < -0.4 is 10.5 Å². The van der Waals surface area contributed by atoms with Crippen LogP contribution >= 0.6 is 0 Å². The molecule has 1 aromatic rings. The molecule has 0 heterocycles. The van der Waals surface area contributed by atoms with Crippen LogP contribution in [0.25, 0.3) is 0 Å². The predicted molar refractivity (Wildman–Crippen MR) is 83.9 cm³/mol. The van der Waals surface area contributed by atoms with Crippen LogP contribution in [0.15, 0.2) is 24.3 Å². The van der Waals surface area contributed by atoms with Crippen molar-refractivity contribution < 1.29 is 4.74 Å². The fraction of sp³-hybridized carbons (Fsp3) is 0.647. The van der Waals surface area contributed by atoms with Crippen molar-refractivity contribution in [3.05, 3.63) is 29.8 Å². The Bertz CT molecular complexity index is 400. The fourth-order valence-electron chi connectivity index (χ4n) is 3.10. The van der Waals surface area contributed by atoms with E-state index in [4.69, 9.17) is 10.5 Å². The molecule has 0 bridgehead atoms. The molecule has 0 saturated heterocycles. The second-order valence-electron chi connectivity index (χ2n) is 5.71. The summed E-state index contributed by atoms with van der Waals surface area (Å²) in [6.45, 7) is 7.11. The van der Waals surface area contributed by atoms with Crippen molar-refractivity contribution in [1.29, 1.82) is 0 Å². The largest absolute Gasteiger partial charge is 0.494 e. The molecule has 2 rings (SSSR count). The Labute approximate surface area is 123 Å². The van der Waals surface area contributed by atoms with Gasteiger partial charge in [-0.2, -0.15) is 0 Å². The molecule has 0 atom stereocenters. The third-order valence-electron chi connectivity index (χ3n) is 4.26. The maximum Gasteiger partial charge on any atom is 0.119 e. The number of hydrogen-bond donors (Lipinski definition) is 1. The maximum absolute atomic E-state index is 6.01. The molecule has 3 heteroatoms. The molecule has 0 aliphatic heterocycles. The van der Waals surface area contributed by atoms with Crippen LogP contribution in [-0.2, 0) is 6.54 Å². The minimum atomic E-state index is 0.422. The molecule has 3 nitrogen and oxygen atoms in total. The van der Waals surface area contributed by atoms with E-state index in [-0.39, 0.29) is 0 Å². The summed E-state index contributed by atoms with van der Waals surface area (Å²) in [5.74, 6) is 0.978. The lowest BCUT2D eigenvalue weighted by Gasteiger charge is -2.35. The Hall–Kier alpha value is -1.06. The Morgan fingerprint density at radius 3 is 2.60 bits per heavy atom. The summed E-state index contributed by atoms with van der Waals surface area (Å²) in [4.78, 5) is 2.58. The second kappa shape index (κ2) is 7.65. The molecule has 0 spiro atoms. The van der Waals surface area contributed by atoms with E-state index < -0.39 is 0 Å².